The van der Waals surface area contributed by atoms with Crippen LogP contribution in [0.5, 0.6) is 23.0 Å². The summed E-state index contributed by atoms with van der Waals surface area (Å²) in [5, 5.41) is 71.2. The van der Waals surface area contributed by atoms with E-state index in [1.54, 1.807) is 18.2 Å². The first-order valence-electron chi connectivity index (χ1n) is 12.2. The zero-order valence-corrected chi connectivity index (χ0v) is 21.0. The highest BCUT2D eigenvalue weighted by atomic mass is 16.7. The van der Waals surface area contributed by atoms with Crippen LogP contribution in [0, 0.1) is 11.8 Å². The monoisotopic (exact) mass is 538 g/mol. The van der Waals surface area contributed by atoms with Crippen molar-refractivity contribution in [2.24, 2.45) is 11.8 Å². The van der Waals surface area contributed by atoms with Gasteiger partial charge >= 0.3 is 0 Å². The summed E-state index contributed by atoms with van der Waals surface area (Å²) in [4.78, 5) is 0. The molecule has 0 aliphatic carbocycles. The van der Waals surface area contributed by atoms with Crippen molar-refractivity contribution >= 4 is 0 Å². The number of benzene rings is 2. The fourth-order valence-corrected chi connectivity index (χ4v) is 5.07. The van der Waals surface area contributed by atoms with Crippen molar-refractivity contribution in [3.05, 3.63) is 47.5 Å². The van der Waals surface area contributed by atoms with E-state index in [1.807, 2.05) is 0 Å². The second-order valence-electron chi connectivity index (χ2n) is 9.38. The summed E-state index contributed by atoms with van der Waals surface area (Å²) in [5.74, 6) is -0.845. The van der Waals surface area contributed by atoms with Gasteiger partial charge in [-0.1, -0.05) is 12.1 Å². The molecule has 0 unspecified atom stereocenters. The van der Waals surface area contributed by atoms with Crippen LogP contribution in [0.15, 0.2) is 36.4 Å². The van der Waals surface area contributed by atoms with Gasteiger partial charge in [0.1, 0.15) is 24.4 Å². The van der Waals surface area contributed by atoms with Gasteiger partial charge in [-0.3, -0.25) is 0 Å². The minimum Gasteiger partial charge on any atom is -0.504 e. The molecule has 2 aromatic rings. The van der Waals surface area contributed by atoms with Crippen LogP contribution in [-0.2, 0) is 14.2 Å². The Morgan fingerprint density at radius 1 is 0.868 bits per heavy atom. The van der Waals surface area contributed by atoms with Crippen LogP contribution in [0.3, 0.4) is 0 Å². The van der Waals surface area contributed by atoms with Crippen LogP contribution < -0.4 is 9.47 Å². The highest BCUT2D eigenvalue weighted by Crippen LogP contribution is 2.48. The van der Waals surface area contributed by atoms with E-state index in [1.165, 1.54) is 32.4 Å². The first-order chi connectivity index (χ1) is 18.2. The zero-order chi connectivity index (χ0) is 27.6. The fourth-order valence-electron chi connectivity index (χ4n) is 5.07. The van der Waals surface area contributed by atoms with E-state index < -0.39 is 61.4 Å². The zero-order valence-electron chi connectivity index (χ0n) is 21.0. The quantitative estimate of drug-likeness (QED) is 0.226. The second-order valence-corrected chi connectivity index (χ2v) is 9.38. The SMILES string of the molecule is COc1cc([C@@H]2OC[C@H]([C@@H](O[C@@H]3O[C@H](CO)[C@@H](O)[C@H](O)[C@H]3O)c3ccc(O)c(OC)c3)[C@H]2CO)ccc1O. The average Bonchev–Trinajstić information content (AvgIpc) is 3.36. The predicted octanol–water partition coefficient (Wildman–Crippen LogP) is -0.0312. The Balaban J connectivity index is 1.70. The van der Waals surface area contributed by atoms with Crippen LogP contribution in [0.25, 0.3) is 0 Å². The Morgan fingerprint density at radius 3 is 2.16 bits per heavy atom. The molecule has 0 aromatic heterocycles. The van der Waals surface area contributed by atoms with Crippen molar-refractivity contribution in [3.63, 3.8) is 0 Å². The van der Waals surface area contributed by atoms with Gasteiger partial charge in [0, 0.05) is 18.4 Å². The number of phenolic OH excluding ortho intramolecular Hbond substituents is 2. The number of hydrogen-bond acceptors (Lipinski definition) is 12. The van der Waals surface area contributed by atoms with E-state index in [0.717, 1.165) is 0 Å². The second kappa shape index (κ2) is 12.0. The van der Waals surface area contributed by atoms with Crippen LogP contribution >= 0.6 is 0 Å². The molecule has 0 radical (unpaired) electrons. The lowest BCUT2D eigenvalue weighted by atomic mass is 9.82. The van der Waals surface area contributed by atoms with Gasteiger partial charge in [-0.25, -0.2) is 0 Å². The van der Waals surface area contributed by atoms with E-state index in [9.17, 15) is 35.7 Å². The van der Waals surface area contributed by atoms with Crippen molar-refractivity contribution in [2.45, 2.75) is 42.9 Å². The molecule has 12 nitrogen and oxygen atoms in total. The van der Waals surface area contributed by atoms with Crippen molar-refractivity contribution in [1.29, 1.82) is 0 Å². The summed E-state index contributed by atoms with van der Waals surface area (Å²) in [5.41, 5.74) is 1.14. The molecular weight excluding hydrogens is 504 g/mol. The first kappa shape index (κ1) is 28.3. The lowest BCUT2D eigenvalue weighted by molar-refractivity contribution is -0.317. The summed E-state index contributed by atoms with van der Waals surface area (Å²) in [6, 6.07) is 9.26. The molecule has 2 heterocycles. The van der Waals surface area contributed by atoms with Crippen LogP contribution in [-0.4, -0.2) is 100 Å². The van der Waals surface area contributed by atoms with E-state index in [-0.39, 0.29) is 36.2 Å². The molecule has 38 heavy (non-hydrogen) atoms. The summed E-state index contributed by atoms with van der Waals surface area (Å²) in [6.07, 6.45) is -9.03. The number of rotatable bonds is 9. The van der Waals surface area contributed by atoms with Gasteiger partial charge in [0.15, 0.2) is 29.3 Å². The van der Waals surface area contributed by atoms with Crippen molar-refractivity contribution in [1.82, 2.24) is 0 Å². The van der Waals surface area contributed by atoms with Gasteiger partial charge in [-0.05, 0) is 35.4 Å². The maximum atomic E-state index is 10.6. The van der Waals surface area contributed by atoms with Gasteiger partial charge < -0.3 is 59.4 Å². The van der Waals surface area contributed by atoms with E-state index in [2.05, 4.69) is 0 Å². The molecule has 0 amide bonds. The summed E-state index contributed by atoms with van der Waals surface area (Å²) in [7, 11) is 2.80. The lowest BCUT2D eigenvalue weighted by Gasteiger charge is -2.42. The molecule has 210 valence electrons. The highest BCUT2D eigenvalue weighted by Gasteiger charge is 2.48. The van der Waals surface area contributed by atoms with Crippen molar-refractivity contribution in [2.75, 3.05) is 34.0 Å². The molecular formula is C26H34O12. The molecule has 12 heteroatoms. The van der Waals surface area contributed by atoms with Gasteiger partial charge in [0.2, 0.25) is 0 Å². The van der Waals surface area contributed by atoms with Crippen LogP contribution in [0.1, 0.15) is 23.3 Å². The van der Waals surface area contributed by atoms with E-state index in [4.69, 9.17) is 23.7 Å². The van der Waals surface area contributed by atoms with Crippen molar-refractivity contribution in [3.8, 4) is 23.0 Å². The van der Waals surface area contributed by atoms with Gasteiger partial charge in [-0.2, -0.15) is 0 Å². The van der Waals surface area contributed by atoms with Gasteiger partial charge in [0.25, 0.3) is 0 Å². The highest BCUT2D eigenvalue weighted by molar-refractivity contribution is 5.44. The normalized spacial score (nSPS) is 32.2. The summed E-state index contributed by atoms with van der Waals surface area (Å²) >= 11 is 0. The minimum absolute atomic E-state index is 0.0497. The number of aromatic hydroxyl groups is 2. The number of ether oxygens (including phenoxy) is 5. The number of phenols is 2. The smallest absolute Gasteiger partial charge is 0.187 e. The van der Waals surface area contributed by atoms with E-state index >= 15 is 0 Å². The van der Waals surface area contributed by atoms with Crippen LogP contribution in [0.2, 0.25) is 0 Å². The molecule has 2 aliphatic rings. The summed E-state index contributed by atoms with van der Waals surface area (Å²) < 4.78 is 28.3. The molecule has 9 atom stereocenters. The maximum absolute atomic E-state index is 10.6. The summed E-state index contributed by atoms with van der Waals surface area (Å²) in [6.45, 7) is -0.842. The standard InChI is InChI=1S/C26H34O12/c1-34-18-7-12(3-5-16(18)29)24-14(9-27)15(11-36-24)25(13-4-6-17(30)19(8-13)35-2)38-26-23(33)22(32)21(31)20(10-28)37-26/h3-8,14-15,20-33H,9-11H2,1-2H3/t14-,15+,20-,21-,22+,23-,24+,25+,26+/m1/s1. The third-order valence-electron chi connectivity index (χ3n) is 7.20. The molecule has 0 saturated carbocycles. The number of aliphatic hydroxyl groups excluding tert-OH is 5. The molecule has 0 bridgehead atoms. The third-order valence-corrected chi connectivity index (χ3v) is 7.20. The number of aliphatic hydroxyl groups is 5. The van der Waals surface area contributed by atoms with Crippen molar-refractivity contribution < 1.29 is 59.4 Å². The Morgan fingerprint density at radius 2 is 1.53 bits per heavy atom. The molecule has 0 spiro atoms. The van der Waals surface area contributed by atoms with Gasteiger partial charge in [-0.15, -0.1) is 0 Å². The molecule has 2 saturated heterocycles. The largest absolute Gasteiger partial charge is 0.504 e. The molecule has 2 fully saturated rings. The first-order valence-corrected chi connectivity index (χ1v) is 12.2. The minimum atomic E-state index is -1.65. The average molecular weight is 539 g/mol. The Hall–Kier alpha value is -2.68. The molecule has 2 aromatic carbocycles. The Bertz CT molecular complexity index is 1080. The number of hydrogen-bond donors (Lipinski definition) is 7. The molecule has 4 rings (SSSR count). The molecule has 7 N–H and O–H groups in total. The molecule has 2 aliphatic heterocycles. The van der Waals surface area contributed by atoms with Crippen LogP contribution in [0.4, 0.5) is 0 Å². The topological polar surface area (TPSA) is 188 Å². The lowest BCUT2D eigenvalue weighted by Crippen LogP contribution is -2.59. The predicted molar refractivity (Wildman–Crippen MR) is 130 cm³/mol. The third kappa shape index (κ3) is 5.40. The van der Waals surface area contributed by atoms with E-state index in [0.29, 0.717) is 11.1 Å². The Kier molecular flexibility index (Phi) is 8.96. The number of methoxy groups -OCH3 is 2. The maximum Gasteiger partial charge on any atom is 0.187 e. The fraction of sp³-hybridized carbons (Fsp3) is 0.538. The van der Waals surface area contributed by atoms with Gasteiger partial charge in [0.05, 0.1) is 39.6 Å². The Labute approximate surface area is 219 Å².